The van der Waals surface area contributed by atoms with Crippen LogP contribution in [0, 0.1) is 0 Å². The average Bonchev–Trinajstić information content (AvgIpc) is 3.04. The van der Waals surface area contributed by atoms with Gasteiger partial charge in [0, 0.05) is 35.6 Å². The maximum absolute atomic E-state index is 13.5. The van der Waals surface area contributed by atoms with Crippen LogP contribution in [0.5, 0.6) is 17.2 Å². The van der Waals surface area contributed by atoms with Gasteiger partial charge in [-0.15, -0.1) is 0 Å². The zero-order valence-corrected chi connectivity index (χ0v) is 22.4. The number of ether oxygens (including phenoxy) is 3. The minimum atomic E-state index is -0.405. The summed E-state index contributed by atoms with van der Waals surface area (Å²) in [7, 11) is 0. The largest absolute Gasteiger partial charge is 0.473 e. The molecule has 2 aliphatic heterocycles. The van der Waals surface area contributed by atoms with Crippen molar-refractivity contribution in [3.8, 4) is 28.4 Å². The van der Waals surface area contributed by atoms with Gasteiger partial charge in [0.1, 0.15) is 17.2 Å². The molecule has 41 heavy (non-hydrogen) atoms. The summed E-state index contributed by atoms with van der Waals surface area (Å²) in [6.07, 6.45) is 0. The molecule has 0 aromatic heterocycles. The van der Waals surface area contributed by atoms with Crippen LogP contribution in [0.4, 0.5) is 11.4 Å². The summed E-state index contributed by atoms with van der Waals surface area (Å²) in [5.74, 6) is 1.75. The van der Waals surface area contributed by atoms with Crippen molar-refractivity contribution in [1.82, 2.24) is 0 Å². The highest BCUT2D eigenvalue weighted by molar-refractivity contribution is 5.98. The third-order valence-corrected chi connectivity index (χ3v) is 7.48. The van der Waals surface area contributed by atoms with Gasteiger partial charge in [0.25, 0.3) is 0 Å². The van der Waals surface area contributed by atoms with Crippen molar-refractivity contribution >= 4 is 17.3 Å². The molecule has 0 fully saturated rings. The molecule has 0 bridgehead atoms. The van der Waals surface area contributed by atoms with Crippen LogP contribution < -0.4 is 24.0 Å². The molecular formula is C35H28N2O4. The second-order valence-corrected chi connectivity index (χ2v) is 10.1. The molecule has 0 amide bonds. The number of benzene rings is 5. The Morgan fingerprint density at radius 1 is 0.610 bits per heavy atom. The lowest BCUT2D eigenvalue weighted by molar-refractivity contribution is 0.0735. The third-order valence-electron chi connectivity index (χ3n) is 7.48. The summed E-state index contributed by atoms with van der Waals surface area (Å²) >= 11 is 0. The van der Waals surface area contributed by atoms with Crippen molar-refractivity contribution in [1.29, 1.82) is 0 Å². The Morgan fingerprint density at radius 3 is 1.83 bits per heavy atom. The zero-order valence-electron chi connectivity index (χ0n) is 22.4. The number of hydrogen-bond donors (Lipinski definition) is 0. The van der Waals surface area contributed by atoms with Crippen LogP contribution in [-0.2, 0) is 13.1 Å². The van der Waals surface area contributed by atoms with Crippen LogP contribution in [0.1, 0.15) is 21.5 Å². The minimum Gasteiger partial charge on any atom is -0.473 e. The molecule has 0 N–H and O–H groups in total. The van der Waals surface area contributed by atoms with E-state index >= 15 is 0 Å². The maximum Gasteiger partial charge on any atom is 0.344 e. The summed E-state index contributed by atoms with van der Waals surface area (Å²) in [4.78, 5) is 17.8. The lowest BCUT2D eigenvalue weighted by atomic mass is 9.97. The Balaban J connectivity index is 1.12. The van der Waals surface area contributed by atoms with Crippen molar-refractivity contribution in [3.05, 3.63) is 138 Å². The van der Waals surface area contributed by atoms with Crippen molar-refractivity contribution in [2.75, 3.05) is 23.3 Å². The SMILES string of the molecule is O=C(Oc1ccc2c(c1)CN(c1ccccc1)CO2)c1ccccc1-c1ccc2c(c1)CN(c1ccccc1)CO2. The fourth-order valence-electron chi connectivity index (χ4n) is 5.38. The molecule has 0 aliphatic carbocycles. The Bertz CT molecular complexity index is 1700. The Morgan fingerprint density at radius 2 is 1.17 bits per heavy atom. The van der Waals surface area contributed by atoms with Gasteiger partial charge in [-0.25, -0.2) is 4.79 Å². The van der Waals surface area contributed by atoms with Gasteiger partial charge >= 0.3 is 5.97 Å². The Hall–Kier alpha value is -5.23. The van der Waals surface area contributed by atoms with E-state index in [0.29, 0.717) is 31.3 Å². The second kappa shape index (κ2) is 10.7. The van der Waals surface area contributed by atoms with E-state index in [9.17, 15) is 4.79 Å². The fraction of sp³-hybridized carbons (Fsp3) is 0.114. The van der Waals surface area contributed by atoms with Crippen LogP contribution in [0.25, 0.3) is 11.1 Å². The quantitative estimate of drug-likeness (QED) is 0.172. The molecule has 6 heteroatoms. The monoisotopic (exact) mass is 540 g/mol. The van der Waals surface area contributed by atoms with E-state index in [1.54, 1.807) is 6.07 Å². The van der Waals surface area contributed by atoms with E-state index in [4.69, 9.17) is 14.2 Å². The lowest BCUT2D eigenvalue weighted by Gasteiger charge is -2.31. The summed E-state index contributed by atoms with van der Waals surface area (Å²) in [6, 6.07) is 39.5. The van der Waals surface area contributed by atoms with Crippen molar-refractivity contribution < 1.29 is 19.0 Å². The summed E-state index contributed by atoms with van der Waals surface area (Å²) < 4.78 is 17.9. The smallest absolute Gasteiger partial charge is 0.344 e. The first-order valence-corrected chi connectivity index (χ1v) is 13.6. The number of nitrogens with zero attached hydrogens (tertiary/aromatic N) is 2. The maximum atomic E-state index is 13.5. The number of anilines is 2. The van der Waals surface area contributed by atoms with E-state index in [1.165, 1.54) is 0 Å². The Labute approximate surface area is 238 Å². The van der Waals surface area contributed by atoms with Crippen molar-refractivity contribution in [3.63, 3.8) is 0 Å². The number of esters is 1. The molecule has 0 saturated carbocycles. The van der Waals surface area contributed by atoms with E-state index in [1.807, 2.05) is 84.9 Å². The van der Waals surface area contributed by atoms with Gasteiger partial charge in [-0.2, -0.15) is 0 Å². The minimum absolute atomic E-state index is 0.405. The van der Waals surface area contributed by atoms with Gasteiger partial charge in [0.15, 0.2) is 13.5 Å². The lowest BCUT2D eigenvalue weighted by Crippen LogP contribution is -2.31. The molecule has 2 heterocycles. The van der Waals surface area contributed by atoms with E-state index in [0.717, 1.165) is 51.7 Å². The van der Waals surface area contributed by atoms with Crippen LogP contribution in [0.2, 0.25) is 0 Å². The highest BCUT2D eigenvalue weighted by atomic mass is 16.5. The van der Waals surface area contributed by atoms with Gasteiger partial charge in [0.05, 0.1) is 5.56 Å². The van der Waals surface area contributed by atoms with Crippen LogP contribution >= 0.6 is 0 Å². The first-order valence-electron chi connectivity index (χ1n) is 13.6. The molecule has 0 spiro atoms. The molecule has 0 saturated heterocycles. The fourth-order valence-corrected chi connectivity index (χ4v) is 5.38. The number of fused-ring (bicyclic) bond motifs is 2. The molecule has 6 nitrogen and oxygen atoms in total. The molecule has 0 atom stereocenters. The van der Waals surface area contributed by atoms with Gasteiger partial charge in [-0.1, -0.05) is 60.7 Å². The van der Waals surface area contributed by atoms with E-state index in [-0.39, 0.29) is 0 Å². The predicted molar refractivity (Wildman–Crippen MR) is 160 cm³/mol. The number of hydrogen-bond acceptors (Lipinski definition) is 6. The number of carbonyl (C=O) groups is 1. The molecule has 0 unspecified atom stereocenters. The molecular weight excluding hydrogens is 512 g/mol. The van der Waals surface area contributed by atoms with Gasteiger partial charge in [-0.3, -0.25) is 0 Å². The third kappa shape index (κ3) is 5.08. The van der Waals surface area contributed by atoms with Crippen LogP contribution in [0.3, 0.4) is 0 Å². The number of carbonyl (C=O) groups excluding carboxylic acids is 1. The Kier molecular flexibility index (Phi) is 6.49. The summed E-state index contributed by atoms with van der Waals surface area (Å²) in [6.45, 7) is 2.35. The summed E-state index contributed by atoms with van der Waals surface area (Å²) in [5.41, 5.74) is 6.48. The number of rotatable bonds is 5. The molecule has 0 radical (unpaired) electrons. The first kappa shape index (κ1) is 24.8. The molecule has 7 rings (SSSR count). The first-order chi connectivity index (χ1) is 20.2. The van der Waals surface area contributed by atoms with Gasteiger partial charge in [-0.05, 0) is 71.8 Å². The highest BCUT2D eigenvalue weighted by Crippen LogP contribution is 2.35. The van der Waals surface area contributed by atoms with Crippen LogP contribution in [0.15, 0.2) is 121 Å². The zero-order chi connectivity index (χ0) is 27.6. The molecule has 5 aromatic rings. The topological polar surface area (TPSA) is 51.2 Å². The number of para-hydroxylation sites is 2. The standard InChI is InChI=1S/C35H28N2O4/c38-35(41-30-16-18-34-27(20-30)22-37(24-40-34)29-11-5-2-6-12-29)32-14-8-7-13-31(32)25-15-17-33-26(19-25)21-36(23-39-33)28-9-3-1-4-10-28/h1-20H,21-24H2. The predicted octanol–water partition coefficient (Wildman–Crippen LogP) is 7.29. The molecule has 2 aliphatic rings. The van der Waals surface area contributed by atoms with Gasteiger partial charge in [0.2, 0.25) is 0 Å². The van der Waals surface area contributed by atoms with Crippen LogP contribution in [-0.4, -0.2) is 19.4 Å². The summed E-state index contributed by atoms with van der Waals surface area (Å²) in [5, 5.41) is 0. The van der Waals surface area contributed by atoms with E-state index < -0.39 is 5.97 Å². The molecule has 202 valence electrons. The average molecular weight is 541 g/mol. The van der Waals surface area contributed by atoms with Crippen molar-refractivity contribution in [2.24, 2.45) is 0 Å². The normalized spacial score (nSPS) is 13.9. The van der Waals surface area contributed by atoms with E-state index in [2.05, 4.69) is 40.1 Å². The highest BCUT2D eigenvalue weighted by Gasteiger charge is 2.22. The second-order valence-electron chi connectivity index (χ2n) is 10.1. The van der Waals surface area contributed by atoms with Gasteiger partial charge < -0.3 is 24.0 Å². The van der Waals surface area contributed by atoms with Crippen molar-refractivity contribution in [2.45, 2.75) is 13.1 Å². The molecule has 5 aromatic carbocycles.